The van der Waals surface area contributed by atoms with Crippen LogP contribution in [0.3, 0.4) is 0 Å². The van der Waals surface area contributed by atoms with Crippen LogP contribution in [0.5, 0.6) is 0 Å². The number of aromatic nitrogens is 2. The number of hydrogen-bond donors (Lipinski definition) is 0. The van der Waals surface area contributed by atoms with E-state index in [2.05, 4.69) is 9.97 Å². The molecule has 0 bridgehead atoms. The van der Waals surface area contributed by atoms with Crippen molar-refractivity contribution < 1.29 is 4.92 Å². The average Bonchev–Trinajstić information content (AvgIpc) is 2.47. The average molecular weight is 251 g/mol. The van der Waals surface area contributed by atoms with E-state index in [0.29, 0.717) is 11.2 Å². The van der Waals surface area contributed by atoms with Gasteiger partial charge in [-0.05, 0) is 17.1 Å². The number of nitrogens with zero attached hydrogens (tertiary/aromatic N) is 3. The molecule has 0 radical (unpaired) electrons. The quantitative estimate of drug-likeness (QED) is 0.518. The first-order valence-corrected chi connectivity index (χ1v) is 5.72. The maximum Gasteiger partial charge on any atom is 0.469 e. The predicted molar refractivity (Wildman–Crippen MR) is 71.6 cm³/mol. The summed E-state index contributed by atoms with van der Waals surface area (Å²) >= 11 is 0. The first-order valence-electron chi connectivity index (χ1n) is 5.72. The highest BCUT2D eigenvalue weighted by Gasteiger charge is 2.18. The number of hydrogen-bond acceptors (Lipinski definition) is 4. The maximum atomic E-state index is 10.9. The second-order valence-electron chi connectivity index (χ2n) is 4.01. The molecule has 0 aliphatic carbocycles. The zero-order valence-corrected chi connectivity index (χ0v) is 9.85. The molecule has 19 heavy (non-hydrogen) atoms. The van der Waals surface area contributed by atoms with Gasteiger partial charge in [-0.25, -0.2) is 0 Å². The van der Waals surface area contributed by atoms with E-state index in [-0.39, 0.29) is 5.95 Å². The van der Waals surface area contributed by atoms with Crippen molar-refractivity contribution in [1.82, 2.24) is 9.97 Å². The van der Waals surface area contributed by atoms with Crippen LogP contribution in [0.15, 0.2) is 54.6 Å². The van der Waals surface area contributed by atoms with Crippen molar-refractivity contribution in [3.05, 3.63) is 64.7 Å². The Morgan fingerprint density at radius 1 is 0.895 bits per heavy atom. The Labute approximate surface area is 108 Å². The van der Waals surface area contributed by atoms with E-state index < -0.39 is 4.92 Å². The number of benzene rings is 2. The lowest BCUT2D eigenvalue weighted by Crippen LogP contribution is -1.98. The molecule has 2 aromatic carbocycles. The van der Waals surface area contributed by atoms with Crippen molar-refractivity contribution in [3.63, 3.8) is 0 Å². The van der Waals surface area contributed by atoms with Gasteiger partial charge in [-0.3, -0.25) is 0 Å². The van der Waals surface area contributed by atoms with Gasteiger partial charge in [0.15, 0.2) is 11.2 Å². The minimum Gasteiger partial charge on any atom is -0.390 e. The lowest BCUT2D eigenvalue weighted by Gasteiger charge is -2.02. The minimum absolute atomic E-state index is 0.377. The molecule has 3 rings (SSSR count). The van der Waals surface area contributed by atoms with Gasteiger partial charge in [0.2, 0.25) is 0 Å². The number of nitro groups is 1. The summed E-state index contributed by atoms with van der Waals surface area (Å²) in [7, 11) is 0. The van der Waals surface area contributed by atoms with E-state index in [9.17, 15) is 10.1 Å². The molecule has 0 saturated heterocycles. The smallest absolute Gasteiger partial charge is 0.390 e. The standard InChI is InChI=1S/C14H9N3O2/c18-17(19)14-15-12-9-5-4-8-11(12)13(16-14)10-6-2-1-3-7-10/h1-9H. The third kappa shape index (κ3) is 2.01. The van der Waals surface area contributed by atoms with Crippen LogP contribution in [0.4, 0.5) is 5.95 Å². The summed E-state index contributed by atoms with van der Waals surface area (Å²) < 4.78 is 0. The Morgan fingerprint density at radius 2 is 1.58 bits per heavy atom. The van der Waals surface area contributed by atoms with Gasteiger partial charge >= 0.3 is 5.95 Å². The molecule has 0 aliphatic rings. The highest BCUT2D eigenvalue weighted by molar-refractivity contribution is 5.92. The highest BCUT2D eigenvalue weighted by atomic mass is 16.6. The van der Waals surface area contributed by atoms with Crippen LogP contribution in [0.2, 0.25) is 0 Å². The van der Waals surface area contributed by atoms with E-state index in [0.717, 1.165) is 10.9 Å². The molecule has 0 amide bonds. The van der Waals surface area contributed by atoms with Crippen LogP contribution in [-0.2, 0) is 0 Å². The summed E-state index contributed by atoms with van der Waals surface area (Å²) in [6.45, 7) is 0. The molecule has 0 fully saturated rings. The third-order valence-electron chi connectivity index (χ3n) is 2.80. The van der Waals surface area contributed by atoms with E-state index in [4.69, 9.17) is 0 Å². The van der Waals surface area contributed by atoms with Gasteiger partial charge in [0.25, 0.3) is 0 Å². The molecule has 0 atom stereocenters. The molecule has 0 N–H and O–H groups in total. The highest BCUT2D eigenvalue weighted by Crippen LogP contribution is 2.27. The SMILES string of the molecule is O=[N+]([O-])c1nc(-c2ccccc2)c2ccccc2n1. The van der Waals surface area contributed by atoms with Gasteiger partial charge < -0.3 is 10.1 Å². The molecular formula is C14H9N3O2. The topological polar surface area (TPSA) is 68.9 Å². The Morgan fingerprint density at radius 3 is 2.32 bits per heavy atom. The molecule has 5 heteroatoms. The Balaban J connectivity index is 2.36. The van der Waals surface area contributed by atoms with Gasteiger partial charge in [0.05, 0.1) is 5.39 Å². The minimum atomic E-state index is -0.571. The molecule has 0 saturated carbocycles. The molecule has 1 aromatic heterocycles. The zero-order chi connectivity index (χ0) is 13.2. The van der Waals surface area contributed by atoms with Crippen LogP contribution in [0.1, 0.15) is 0 Å². The fourth-order valence-electron chi connectivity index (χ4n) is 1.96. The third-order valence-corrected chi connectivity index (χ3v) is 2.80. The van der Waals surface area contributed by atoms with Gasteiger partial charge in [-0.2, -0.15) is 0 Å². The molecule has 92 valence electrons. The second kappa shape index (κ2) is 4.45. The lowest BCUT2D eigenvalue weighted by atomic mass is 10.1. The van der Waals surface area contributed by atoms with Crippen LogP contribution >= 0.6 is 0 Å². The van der Waals surface area contributed by atoms with Crippen molar-refractivity contribution in [2.45, 2.75) is 0 Å². The number of rotatable bonds is 2. The van der Waals surface area contributed by atoms with Crippen molar-refractivity contribution in [2.75, 3.05) is 0 Å². The van der Waals surface area contributed by atoms with Crippen molar-refractivity contribution in [2.24, 2.45) is 0 Å². The van der Waals surface area contributed by atoms with Gasteiger partial charge in [0.1, 0.15) is 0 Å². The molecule has 1 heterocycles. The lowest BCUT2D eigenvalue weighted by molar-refractivity contribution is -0.394. The van der Waals surface area contributed by atoms with E-state index in [1.165, 1.54) is 0 Å². The second-order valence-corrected chi connectivity index (χ2v) is 4.01. The Hall–Kier alpha value is -2.82. The van der Waals surface area contributed by atoms with E-state index in [1.807, 2.05) is 42.5 Å². The van der Waals surface area contributed by atoms with Gasteiger partial charge in [-0.15, -0.1) is 0 Å². The van der Waals surface area contributed by atoms with Crippen molar-refractivity contribution >= 4 is 16.9 Å². The summed E-state index contributed by atoms with van der Waals surface area (Å²) in [5, 5.41) is 11.7. The molecular weight excluding hydrogens is 242 g/mol. The van der Waals surface area contributed by atoms with Crippen LogP contribution in [-0.4, -0.2) is 14.9 Å². The fourth-order valence-corrected chi connectivity index (χ4v) is 1.96. The molecule has 0 aliphatic heterocycles. The number of para-hydroxylation sites is 1. The molecule has 5 nitrogen and oxygen atoms in total. The first kappa shape index (κ1) is 11.3. The fraction of sp³-hybridized carbons (Fsp3) is 0. The summed E-state index contributed by atoms with van der Waals surface area (Å²) in [6.07, 6.45) is 0. The first-order chi connectivity index (χ1) is 9.25. The largest absolute Gasteiger partial charge is 0.469 e. The Bertz CT molecular complexity index is 757. The summed E-state index contributed by atoms with van der Waals surface area (Å²) in [6, 6.07) is 16.7. The van der Waals surface area contributed by atoms with Gasteiger partial charge in [0, 0.05) is 5.56 Å². The van der Waals surface area contributed by atoms with E-state index in [1.54, 1.807) is 12.1 Å². The zero-order valence-electron chi connectivity index (χ0n) is 9.85. The summed E-state index contributed by atoms with van der Waals surface area (Å²) in [5.41, 5.74) is 1.99. The van der Waals surface area contributed by atoms with Gasteiger partial charge in [-0.1, -0.05) is 52.4 Å². The molecule has 0 unspecified atom stereocenters. The molecule has 3 aromatic rings. The van der Waals surface area contributed by atoms with Crippen LogP contribution in [0.25, 0.3) is 22.2 Å². The van der Waals surface area contributed by atoms with Crippen molar-refractivity contribution in [3.8, 4) is 11.3 Å². The number of fused-ring (bicyclic) bond motifs is 1. The predicted octanol–water partition coefficient (Wildman–Crippen LogP) is 3.21. The molecule has 0 spiro atoms. The Kier molecular flexibility index (Phi) is 2.64. The summed E-state index contributed by atoms with van der Waals surface area (Å²) in [5.74, 6) is -0.377. The maximum absolute atomic E-state index is 10.9. The van der Waals surface area contributed by atoms with Crippen LogP contribution < -0.4 is 0 Å². The van der Waals surface area contributed by atoms with Crippen molar-refractivity contribution in [1.29, 1.82) is 0 Å². The van der Waals surface area contributed by atoms with Crippen LogP contribution in [0, 0.1) is 10.1 Å². The normalized spacial score (nSPS) is 10.5. The van der Waals surface area contributed by atoms with E-state index >= 15 is 0 Å². The monoisotopic (exact) mass is 251 g/mol. The summed E-state index contributed by atoms with van der Waals surface area (Å²) in [4.78, 5) is 18.3.